The van der Waals surface area contributed by atoms with Crippen LogP contribution in [0.15, 0.2) is 64.0 Å². The zero-order chi connectivity index (χ0) is 23.7. The molecular weight excluding hydrogens is 459 g/mol. The minimum Gasteiger partial charge on any atom is -0.341 e. The van der Waals surface area contributed by atoms with Gasteiger partial charge in [-0.3, -0.25) is 4.79 Å². The predicted octanol–water partition coefficient (Wildman–Crippen LogP) is 3.44. The number of likely N-dealkylation sites (tertiary alicyclic amines) is 1. The number of benzene rings is 2. The van der Waals surface area contributed by atoms with Crippen molar-refractivity contribution in [1.82, 2.24) is 19.3 Å². The summed E-state index contributed by atoms with van der Waals surface area (Å²) >= 11 is 0. The van der Waals surface area contributed by atoms with E-state index >= 15 is 0 Å². The first kappa shape index (κ1) is 22.7. The normalized spacial score (nSPS) is 21.6. The molecule has 2 aromatic carbocycles. The summed E-state index contributed by atoms with van der Waals surface area (Å²) in [6.45, 7) is 1.25. The molecule has 2 aliphatic rings. The van der Waals surface area contributed by atoms with Crippen LogP contribution in [-0.2, 0) is 14.8 Å². The lowest BCUT2D eigenvalue weighted by molar-refractivity contribution is -0.136. The first-order valence-corrected chi connectivity index (χ1v) is 12.8. The fourth-order valence-corrected chi connectivity index (χ4v) is 6.41. The highest BCUT2D eigenvalue weighted by Crippen LogP contribution is 2.31. The van der Waals surface area contributed by atoms with Crippen molar-refractivity contribution in [2.75, 3.05) is 19.6 Å². The van der Waals surface area contributed by atoms with E-state index in [1.165, 1.54) is 16.4 Å². The van der Waals surface area contributed by atoms with Crippen molar-refractivity contribution in [3.8, 4) is 11.4 Å². The maximum Gasteiger partial charge on any atom is 0.243 e. The summed E-state index contributed by atoms with van der Waals surface area (Å²) < 4.78 is 46.7. The van der Waals surface area contributed by atoms with Gasteiger partial charge < -0.3 is 9.42 Å². The van der Waals surface area contributed by atoms with Crippen LogP contribution in [0, 0.1) is 5.82 Å². The van der Waals surface area contributed by atoms with E-state index in [0.29, 0.717) is 49.8 Å². The summed E-state index contributed by atoms with van der Waals surface area (Å²) in [5, 5.41) is 3.98. The molecule has 0 radical (unpaired) electrons. The van der Waals surface area contributed by atoms with Gasteiger partial charge in [0.15, 0.2) is 0 Å². The fraction of sp³-hybridized carbons (Fsp3) is 0.375. The van der Waals surface area contributed by atoms with Gasteiger partial charge in [-0.2, -0.15) is 9.29 Å². The number of rotatable bonds is 5. The third-order valence-electron chi connectivity index (χ3n) is 6.45. The van der Waals surface area contributed by atoms with E-state index in [1.807, 2.05) is 0 Å². The van der Waals surface area contributed by atoms with Crippen LogP contribution >= 0.6 is 0 Å². The molecule has 34 heavy (non-hydrogen) atoms. The number of aromatic nitrogens is 2. The van der Waals surface area contributed by atoms with Gasteiger partial charge in [0.1, 0.15) is 11.9 Å². The van der Waals surface area contributed by atoms with Crippen molar-refractivity contribution in [3.05, 3.63) is 66.3 Å². The van der Waals surface area contributed by atoms with Crippen LogP contribution < -0.4 is 0 Å². The van der Waals surface area contributed by atoms with E-state index in [2.05, 4.69) is 10.1 Å². The fourth-order valence-electron chi connectivity index (χ4n) is 4.74. The van der Waals surface area contributed by atoms with Gasteiger partial charge in [0.2, 0.25) is 27.6 Å². The number of hydrogen-bond acceptors (Lipinski definition) is 6. The van der Waals surface area contributed by atoms with Crippen LogP contribution in [0.2, 0.25) is 0 Å². The molecule has 3 aromatic rings. The van der Waals surface area contributed by atoms with Crippen LogP contribution in [0.25, 0.3) is 11.4 Å². The molecule has 2 unspecified atom stereocenters. The largest absolute Gasteiger partial charge is 0.341 e. The van der Waals surface area contributed by atoms with Crippen LogP contribution in [0.4, 0.5) is 4.39 Å². The summed E-state index contributed by atoms with van der Waals surface area (Å²) in [7, 11) is -3.75. The molecular formula is C24H25FN4O4S. The zero-order valence-corrected chi connectivity index (χ0v) is 19.3. The molecule has 178 valence electrons. The number of carbonyl (C=O) groups is 1. The van der Waals surface area contributed by atoms with Gasteiger partial charge in [-0.1, -0.05) is 35.5 Å². The van der Waals surface area contributed by atoms with E-state index in [1.54, 1.807) is 47.4 Å². The van der Waals surface area contributed by atoms with Gasteiger partial charge in [0.25, 0.3) is 0 Å². The molecule has 1 aromatic heterocycles. The molecule has 5 rings (SSSR count). The van der Waals surface area contributed by atoms with Gasteiger partial charge >= 0.3 is 0 Å². The Morgan fingerprint density at radius 2 is 1.82 bits per heavy atom. The van der Waals surface area contributed by atoms with E-state index in [9.17, 15) is 17.6 Å². The number of hydrogen-bond donors (Lipinski definition) is 0. The summed E-state index contributed by atoms with van der Waals surface area (Å²) in [5.74, 6) is -0.0321. The van der Waals surface area contributed by atoms with E-state index in [-0.39, 0.29) is 22.5 Å². The molecule has 1 amide bonds. The van der Waals surface area contributed by atoms with Gasteiger partial charge in [-0.05, 0) is 49.9 Å². The lowest BCUT2D eigenvalue weighted by Gasteiger charge is -2.34. The van der Waals surface area contributed by atoms with Crippen molar-refractivity contribution in [2.24, 2.45) is 0 Å². The molecule has 0 bridgehead atoms. The Morgan fingerprint density at radius 3 is 2.62 bits per heavy atom. The van der Waals surface area contributed by atoms with Crippen LogP contribution in [0.1, 0.15) is 37.5 Å². The number of piperidine rings is 1. The standard InChI is InChI=1S/C24H25FN4O4S/c25-19-9-4-7-17(15-19)22-26-23(33-27-22)18-8-5-13-28(16-18)24(30)21-12-6-14-29(21)34(31,32)20-10-2-1-3-11-20/h1-4,7,9-11,15,18,21H,5-6,8,12-14,16H2. The molecule has 0 saturated carbocycles. The third-order valence-corrected chi connectivity index (χ3v) is 8.37. The maximum atomic E-state index is 13.5. The van der Waals surface area contributed by atoms with Crippen LogP contribution in [0.5, 0.6) is 0 Å². The highest BCUT2D eigenvalue weighted by molar-refractivity contribution is 7.89. The topological polar surface area (TPSA) is 96.6 Å². The Kier molecular flexibility index (Phi) is 6.18. The summed E-state index contributed by atoms with van der Waals surface area (Å²) in [6.07, 6.45) is 2.65. The Morgan fingerprint density at radius 1 is 1.03 bits per heavy atom. The lowest BCUT2D eigenvalue weighted by atomic mass is 9.97. The lowest BCUT2D eigenvalue weighted by Crippen LogP contribution is -2.50. The highest BCUT2D eigenvalue weighted by atomic mass is 32.2. The van der Waals surface area contributed by atoms with Gasteiger partial charge in [-0.15, -0.1) is 0 Å². The number of sulfonamides is 1. The quantitative estimate of drug-likeness (QED) is 0.551. The van der Waals surface area contributed by atoms with Crippen LogP contribution in [-0.4, -0.2) is 59.3 Å². The molecule has 0 aliphatic carbocycles. The second-order valence-corrected chi connectivity index (χ2v) is 10.6. The number of carbonyl (C=O) groups excluding carboxylic acids is 1. The van der Waals surface area contributed by atoms with E-state index in [0.717, 1.165) is 12.8 Å². The number of nitrogens with zero attached hydrogens (tertiary/aromatic N) is 4. The molecule has 2 atom stereocenters. The Balaban J connectivity index is 1.31. The molecule has 2 saturated heterocycles. The predicted molar refractivity (Wildman–Crippen MR) is 122 cm³/mol. The average molecular weight is 485 g/mol. The highest BCUT2D eigenvalue weighted by Gasteiger charge is 2.42. The number of halogens is 1. The average Bonchev–Trinajstić information content (AvgIpc) is 3.55. The molecule has 0 spiro atoms. The minimum atomic E-state index is -3.75. The van der Waals surface area contributed by atoms with Crippen molar-refractivity contribution in [3.63, 3.8) is 0 Å². The monoisotopic (exact) mass is 484 g/mol. The summed E-state index contributed by atoms with van der Waals surface area (Å²) in [6, 6.07) is 13.5. The second-order valence-electron chi connectivity index (χ2n) is 8.68. The first-order chi connectivity index (χ1) is 16.4. The molecule has 2 aliphatic heterocycles. The Hall–Kier alpha value is -3.11. The van der Waals surface area contributed by atoms with Gasteiger partial charge in [-0.25, -0.2) is 12.8 Å². The van der Waals surface area contributed by atoms with Crippen molar-refractivity contribution in [2.45, 2.75) is 42.5 Å². The van der Waals surface area contributed by atoms with Gasteiger partial charge in [0, 0.05) is 25.2 Å². The third kappa shape index (κ3) is 4.35. The Labute approximate surface area is 197 Å². The molecule has 0 N–H and O–H groups in total. The van der Waals surface area contributed by atoms with Crippen molar-refractivity contribution >= 4 is 15.9 Å². The maximum absolute atomic E-state index is 13.5. The van der Waals surface area contributed by atoms with E-state index in [4.69, 9.17) is 4.52 Å². The van der Waals surface area contributed by atoms with Crippen LogP contribution in [0.3, 0.4) is 0 Å². The molecule has 2 fully saturated rings. The first-order valence-electron chi connectivity index (χ1n) is 11.4. The van der Waals surface area contributed by atoms with Gasteiger partial charge in [0.05, 0.1) is 10.8 Å². The summed E-state index contributed by atoms with van der Waals surface area (Å²) in [5.41, 5.74) is 0.520. The molecule has 10 heteroatoms. The minimum absolute atomic E-state index is 0.159. The van der Waals surface area contributed by atoms with Crippen molar-refractivity contribution in [1.29, 1.82) is 0 Å². The van der Waals surface area contributed by atoms with Crippen molar-refractivity contribution < 1.29 is 22.1 Å². The smallest absolute Gasteiger partial charge is 0.243 e. The Bertz CT molecular complexity index is 1280. The zero-order valence-electron chi connectivity index (χ0n) is 18.5. The number of amides is 1. The second kappa shape index (κ2) is 9.27. The molecule has 3 heterocycles. The van der Waals surface area contributed by atoms with E-state index < -0.39 is 16.1 Å². The summed E-state index contributed by atoms with van der Waals surface area (Å²) in [4.78, 5) is 19.8. The molecule has 8 nitrogen and oxygen atoms in total. The SMILES string of the molecule is O=C(C1CCCN1S(=O)(=O)c1ccccc1)N1CCCC(c2nc(-c3cccc(F)c3)no2)C1.